The van der Waals surface area contributed by atoms with E-state index in [0.717, 1.165) is 56.9 Å². The topological polar surface area (TPSA) is 95.9 Å². The van der Waals surface area contributed by atoms with Crippen LogP contribution in [0, 0.1) is 0 Å². The van der Waals surface area contributed by atoms with Crippen molar-refractivity contribution in [2.45, 2.75) is 45.1 Å². The van der Waals surface area contributed by atoms with Crippen molar-refractivity contribution in [2.75, 3.05) is 26.2 Å². The highest BCUT2D eigenvalue weighted by Gasteiger charge is 2.21. The molecule has 2 rings (SSSR count). The van der Waals surface area contributed by atoms with Crippen LogP contribution in [0.4, 0.5) is 4.79 Å². The lowest BCUT2D eigenvalue weighted by Gasteiger charge is -2.32. The van der Waals surface area contributed by atoms with Gasteiger partial charge in [-0.15, -0.1) is 24.0 Å². The maximum Gasteiger partial charge on any atom is 0.314 e. The second-order valence-corrected chi connectivity index (χ2v) is 6.08. The zero-order valence-corrected chi connectivity index (χ0v) is 17.2. The summed E-state index contributed by atoms with van der Waals surface area (Å²) in [4.78, 5) is 17.5. The van der Waals surface area contributed by atoms with Crippen molar-refractivity contribution in [1.29, 1.82) is 0 Å². The van der Waals surface area contributed by atoms with Gasteiger partial charge in [0.1, 0.15) is 5.76 Å². The van der Waals surface area contributed by atoms with Gasteiger partial charge in [-0.3, -0.25) is 4.99 Å². The highest BCUT2D eigenvalue weighted by atomic mass is 127. The summed E-state index contributed by atoms with van der Waals surface area (Å²) in [6.07, 6.45) is 6.48. The van der Waals surface area contributed by atoms with E-state index >= 15 is 0 Å². The highest BCUT2D eigenvalue weighted by Crippen LogP contribution is 2.09. The molecular formula is C17H30IN5O2. The van der Waals surface area contributed by atoms with E-state index < -0.39 is 0 Å². The molecule has 0 aromatic carbocycles. The van der Waals surface area contributed by atoms with Crippen LogP contribution in [-0.4, -0.2) is 49.1 Å². The number of nitrogens with one attached hydrogen (secondary N) is 2. The zero-order valence-electron chi connectivity index (χ0n) is 14.9. The molecule has 0 spiro atoms. The molecule has 0 aliphatic carbocycles. The van der Waals surface area contributed by atoms with E-state index in [0.29, 0.717) is 19.1 Å². The fraction of sp³-hybridized carbons (Fsp3) is 0.647. The maximum atomic E-state index is 11.2. The zero-order chi connectivity index (χ0) is 17.2. The van der Waals surface area contributed by atoms with Gasteiger partial charge in [-0.1, -0.05) is 13.3 Å². The number of carbonyl (C=O) groups is 1. The lowest BCUT2D eigenvalue weighted by atomic mass is 10.1. The van der Waals surface area contributed by atoms with Crippen molar-refractivity contribution < 1.29 is 9.21 Å². The van der Waals surface area contributed by atoms with Gasteiger partial charge in [0.2, 0.25) is 0 Å². The predicted octanol–water partition coefficient (Wildman–Crippen LogP) is 2.32. The van der Waals surface area contributed by atoms with Crippen molar-refractivity contribution in [3.8, 4) is 0 Å². The van der Waals surface area contributed by atoms with E-state index in [1.807, 2.05) is 12.1 Å². The minimum absolute atomic E-state index is 0. The molecule has 0 bridgehead atoms. The number of aliphatic imine (C=N–C) groups is 1. The number of likely N-dealkylation sites (tertiary alicyclic amines) is 1. The Bertz CT molecular complexity index is 513. The molecule has 1 aliphatic heterocycles. The summed E-state index contributed by atoms with van der Waals surface area (Å²) in [7, 11) is 0. The molecule has 2 heterocycles. The molecule has 1 fully saturated rings. The average molecular weight is 463 g/mol. The minimum atomic E-state index is -0.332. The van der Waals surface area contributed by atoms with Crippen molar-refractivity contribution in [2.24, 2.45) is 10.7 Å². The predicted molar refractivity (Wildman–Crippen MR) is 110 cm³/mol. The number of primary amides is 1. The van der Waals surface area contributed by atoms with Crippen LogP contribution >= 0.6 is 24.0 Å². The smallest absolute Gasteiger partial charge is 0.314 e. The third-order valence-electron chi connectivity index (χ3n) is 4.17. The van der Waals surface area contributed by atoms with Gasteiger partial charge in [-0.25, -0.2) is 4.79 Å². The van der Waals surface area contributed by atoms with Crippen LogP contribution in [0.15, 0.2) is 27.8 Å². The van der Waals surface area contributed by atoms with Gasteiger partial charge in [0, 0.05) is 38.6 Å². The van der Waals surface area contributed by atoms with Crippen LogP contribution < -0.4 is 16.4 Å². The molecule has 7 nitrogen and oxygen atoms in total. The van der Waals surface area contributed by atoms with E-state index in [1.165, 1.54) is 0 Å². The van der Waals surface area contributed by atoms with Crippen molar-refractivity contribution in [3.63, 3.8) is 0 Å². The van der Waals surface area contributed by atoms with E-state index in [4.69, 9.17) is 10.2 Å². The Hall–Kier alpha value is -1.45. The van der Waals surface area contributed by atoms with E-state index in [1.54, 1.807) is 11.2 Å². The summed E-state index contributed by atoms with van der Waals surface area (Å²) in [5, 5.41) is 6.86. The lowest BCUT2D eigenvalue weighted by Crippen LogP contribution is -2.51. The Morgan fingerprint density at radius 2 is 2.20 bits per heavy atom. The van der Waals surface area contributed by atoms with Gasteiger partial charge < -0.3 is 25.7 Å². The van der Waals surface area contributed by atoms with Crippen molar-refractivity contribution in [3.05, 3.63) is 24.2 Å². The van der Waals surface area contributed by atoms with Gasteiger partial charge in [0.05, 0.1) is 6.26 Å². The second-order valence-electron chi connectivity index (χ2n) is 6.08. The number of halogens is 1. The number of nitrogens with two attached hydrogens (primary N) is 1. The number of piperidine rings is 1. The molecule has 1 aromatic rings. The van der Waals surface area contributed by atoms with Crippen LogP contribution in [0.5, 0.6) is 0 Å². The number of urea groups is 1. The van der Waals surface area contributed by atoms with Gasteiger partial charge in [-0.05, 0) is 31.4 Å². The Balaban J connectivity index is 0.00000312. The largest absolute Gasteiger partial charge is 0.469 e. The summed E-state index contributed by atoms with van der Waals surface area (Å²) in [6, 6.07) is 3.86. The van der Waals surface area contributed by atoms with Crippen molar-refractivity contribution in [1.82, 2.24) is 15.5 Å². The minimum Gasteiger partial charge on any atom is -0.469 e. The fourth-order valence-corrected chi connectivity index (χ4v) is 2.70. The van der Waals surface area contributed by atoms with Crippen LogP contribution in [0.1, 0.15) is 38.4 Å². The molecule has 2 amide bonds. The summed E-state index contributed by atoms with van der Waals surface area (Å²) in [6.45, 7) is 5.13. The summed E-state index contributed by atoms with van der Waals surface area (Å²) >= 11 is 0. The third kappa shape index (κ3) is 7.98. The summed E-state index contributed by atoms with van der Waals surface area (Å²) in [5.74, 6) is 1.80. The molecule has 142 valence electrons. The van der Waals surface area contributed by atoms with Crippen LogP contribution in [-0.2, 0) is 6.42 Å². The van der Waals surface area contributed by atoms with Gasteiger partial charge in [-0.2, -0.15) is 0 Å². The first-order valence-corrected chi connectivity index (χ1v) is 8.80. The van der Waals surface area contributed by atoms with E-state index in [9.17, 15) is 4.79 Å². The molecule has 0 atom stereocenters. The Morgan fingerprint density at radius 3 is 2.80 bits per heavy atom. The Morgan fingerprint density at radius 1 is 1.44 bits per heavy atom. The number of furan rings is 1. The average Bonchev–Trinajstić information content (AvgIpc) is 3.09. The molecule has 1 saturated heterocycles. The first-order valence-electron chi connectivity index (χ1n) is 8.80. The van der Waals surface area contributed by atoms with Crippen LogP contribution in [0.3, 0.4) is 0 Å². The number of rotatable bonds is 7. The first kappa shape index (κ1) is 21.6. The monoisotopic (exact) mass is 463 g/mol. The van der Waals surface area contributed by atoms with E-state index in [2.05, 4.69) is 22.5 Å². The number of hydrogen-bond donors (Lipinski definition) is 3. The molecule has 1 aromatic heterocycles. The summed E-state index contributed by atoms with van der Waals surface area (Å²) in [5.41, 5.74) is 5.33. The maximum absolute atomic E-state index is 11.2. The SMILES string of the molecule is CCCCN=C(NCCc1ccco1)NC1CCN(C(N)=O)CC1.I. The molecule has 1 aliphatic rings. The number of carbonyl (C=O) groups excluding carboxylic acids is 1. The van der Waals surface area contributed by atoms with Crippen LogP contribution in [0.2, 0.25) is 0 Å². The fourth-order valence-electron chi connectivity index (χ4n) is 2.70. The molecular weight excluding hydrogens is 433 g/mol. The normalized spacial score (nSPS) is 15.6. The van der Waals surface area contributed by atoms with Crippen LogP contribution in [0.25, 0.3) is 0 Å². The van der Waals surface area contributed by atoms with Gasteiger partial charge in [0.15, 0.2) is 5.96 Å². The molecule has 0 radical (unpaired) electrons. The lowest BCUT2D eigenvalue weighted by molar-refractivity contribution is 0.188. The number of amides is 2. The molecule has 8 heteroatoms. The highest BCUT2D eigenvalue weighted by molar-refractivity contribution is 14.0. The number of unbranched alkanes of at least 4 members (excludes halogenated alkanes) is 1. The molecule has 4 N–H and O–H groups in total. The Kier molecular flexibility index (Phi) is 10.4. The Labute approximate surface area is 166 Å². The standard InChI is InChI=1S/C17H29N5O2.HI/c1-2-3-9-19-17(20-10-6-15-5-4-13-24-15)21-14-7-11-22(12-8-14)16(18)23;/h4-5,13-14H,2-3,6-12H2,1H3,(H2,18,23)(H2,19,20,21);1H. The van der Waals surface area contributed by atoms with Gasteiger partial charge >= 0.3 is 6.03 Å². The van der Waals surface area contributed by atoms with Gasteiger partial charge in [0.25, 0.3) is 0 Å². The third-order valence-corrected chi connectivity index (χ3v) is 4.17. The second kappa shape index (κ2) is 12.0. The summed E-state index contributed by atoms with van der Waals surface area (Å²) < 4.78 is 5.35. The number of hydrogen-bond acceptors (Lipinski definition) is 3. The molecule has 0 saturated carbocycles. The first-order chi connectivity index (χ1) is 11.7. The van der Waals surface area contributed by atoms with Crippen molar-refractivity contribution >= 4 is 36.0 Å². The molecule has 0 unspecified atom stereocenters. The number of nitrogens with zero attached hydrogens (tertiary/aromatic N) is 2. The quantitative estimate of drug-likeness (QED) is 0.250. The number of guanidine groups is 1. The molecule has 25 heavy (non-hydrogen) atoms. The van der Waals surface area contributed by atoms with E-state index in [-0.39, 0.29) is 30.0 Å².